The highest BCUT2D eigenvalue weighted by atomic mass is 35.5. The summed E-state index contributed by atoms with van der Waals surface area (Å²) >= 11 is 6.46. The molecular weight excluding hydrogens is 280 g/mol. The van der Waals surface area contributed by atoms with Crippen LogP contribution in [0, 0.1) is 0 Å². The number of hydrogen-bond donors (Lipinski definition) is 1. The van der Waals surface area contributed by atoms with E-state index in [0.717, 1.165) is 30.0 Å². The Kier molecular flexibility index (Phi) is 4.27. The molecule has 21 heavy (non-hydrogen) atoms. The highest BCUT2D eigenvalue weighted by molar-refractivity contribution is 6.31. The van der Waals surface area contributed by atoms with Gasteiger partial charge in [-0.3, -0.25) is 4.98 Å². The van der Waals surface area contributed by atoms with Crippen molar-refractivity contribution in [1.29, 1.82) is 0 Å². The van der Waals surface area contributed by atoms with Gasteiger partial charge in [0.2, 0.25) is 0 Å². The molecule has 2 aromatic rings. The molecule has 0 spiro atoms. The normalized spacial score (nSPS) is 17.2. The van der Waals surface area contributed by atoms with E-state index in [9.17, 15) is 0 Å². The molecule has 1 N–H and O–H groups in total. The van der Waals surface area contributed by atoms with Crippen molar-refractivity contribution in [2.75, 3.05) is 0 Å². The number of aromatic nitrogens is 1. The van der Waals surface area contributed by atoms with Crippen LogP contribution in [-0.4, -0.2) is 11.0 Å². The van der Waals surface area contributed by atoms with Gasteiger partial charge < -0.3 is 5.32 Å². The van der Waals surface area contributed by atoms with Gasteiger partial charge in [-0.05, 0) is 41.7 Å². The van der Waals surface area contributed by atoms with Crippen molar-refractivity contribution >= 4 is 11.6 Å². The first-order chi connectivity index (χ1) is 10.1. The zero-order valence-electron chi connectivity index (χ0n) is 12.6. The summed E-state index contributed by atoms with van der Waals surface area (Å²) in [4.78, 5) is 4.57. The van der Waals surface area contributed by atoms with E-state index in [2.05, 4.69) is 48.4 Å². The molecule has 0 saturated heterocycles. The molecule has 0 saturated carbocycles. The Morgan fingerprint density at radius 1 is 1.33 bits per heavy atom. The molecule has 1 aliphatic carbocycles. The van der Waals surface area contributed by atoms with Crippen molar-refractivity contribution in [3.63, 3.8) is 0 Å². The van der Waals surface area contributed by atoms with E-state index < -0.39 is 0 Å². The van der Waals surface area contributed by atoms with E-state index in [1.54, 1.807) is 0 Å². The lowest BCUT2D eigenvalue weighted by Crippen LogP contribution is -2.22. The fourth-order valence-electron chi connectivity index (χ4n) is 2.97. The van der Waals surface area contributed by atoms with Crippen LogP contribution in [0.2, 0.25) is 5.02 Å². The third kappa shape index (κ3) is 3.12. The first-order valence-corrected chi connectivity index (χ1v) is 7.98. The van der Waals surface area contributed by atoms with E-state index in [1.165, 1.54) is 16.8 Å². The van der Waals surface area contributed by atoms with Gasteiger partial charge in [0, 0.05) is 29.7 Å². The van der Waals surface area contributed by atoms with Gasteiger partial charge in [0.15, 0.2) is 0 Å². The minimum Gasteiger partial charge on any atom is -0.310 e. The van der Waals surface area contributed by atoms with Crippen LogP contribution >= 0.6 is 11.6 Å². The predicted octanol–water partition coefficient (Wildman–Crippen LogP) is 4.31. The number of nitrogens with zero attached hydrogens (tertiary/aromatic N) is 1. The summed E-state index contributed by atoms with van der Waals surface area (Å²) in [5.74, 6) is 0.394. The van der Waals surface area contributed by atoms with Gasteiger partial charge in [-0.1, -0.05) is 43.6 Å². The summed E-state index contributed by atoms with van der Waals surface area (Å²) in [6.07, 6.45) is 4.13. The standard InChI is InChI=1S/C18H21ClN2/c1-12(2)21-11-15-6-5-14(10-17(15)19)16-8-7-13-4-3-9-20-18(13)16/h3-6,9-10,12,16,21H,7-8,11H2,1-2H3. The molecular formula is C18H21ClN2. The lowest BCUT2D eigenvalue weighted by Gasteiger charge is -2.14. The van der Waals surface area contributed by atoms with Crippen LogP contribution < -0.4 is 5.32 Å². The maximum atomic E-state index is 6.46. The number of benzene rings is 1. The highest BCUT2D eigenvalue weighted by Crippen LogP contribution is 2.37. The fourth-order valence-corrected chi connectivity index (χ4v) is 3.23. The smallest absolute Gasteiger partial charge is 0.0510 e. The number of fused-ring (bicyclic) bond motifs is 1. The largest absolute Gasteiger partial charge is 0.310 e. The zero-order chi connectivity index (χ0) is 14.8. The molecule has 0 aliphatic heterocycles. The van der Waals surface area contributed by atoms with Gasteiger partial charge in [-0.25, -0.2) is 0 Å². The van der Waals surface area contributed by atoms with Crippen molar-refractivity contribution in [1.82, 2.24) is 10.3 Å². The monoisotopic (exact) mass is 300 g/mol. The highest BCUT2D eigenvalue weighted by Gasteiger charge is 2.25. The number of pyridine rings is 1. The topological polar surface area (TPSA) is 24.9 Å². The average molecular weight is 301 g/mol. The van der Waals surface area contributed by atoms with Crippen molar-refractivity contribution in [3.05, 3.63) is 63.9 Å². The van der Waals surface area contributed by atoms with Crippen LogP contribution in [-0.2, 0) is 13.0 Å². The van der Waals surface area contributed by atoms with Crippen LogP contribution in [0.15, 0.2) is 36.5 Å². The maximum absolute atomic E-state index is 6.46. The summed E-state index contributed by atoms with van der Waals surface area (Å²) < 4.78 is 0. The second-order valence-corrected chi connectivity index (χ2v) is 6.43. The number of aryl methyl sites for hydroxylation is 1. The third-order valence-corrected chi connectivity index (χ3v) is 4.49. The van der Waals surface area contributed by atoms with Crippen molar-refractivity contribution in [2.45, 2.75) is 45.2 Å². The SMILES string of the molecule is CC(C)NCc1ccc(C2CCc3cccnc32)cc1Cl. The lowest BCUT2D eigenvalue weighted by atomic mass is 9.95. The third-order valence-electron chi connectivity index (χ3n) is 4.14. The van der Waals surface area contributed by atoms with Crippen molar-refractivity contribution < 1.29 is 0 Å². The Hall–Kier alpha value is -1.38. The Labute approximate surface area is 131 Å². The second kappa shape index (κ2) is 6.17. The number of halogens is 1. The molecule has 1 aromatic carbocycles. The molecule has 0 bridgehead atoms. The molecule has 0 amide bonds. The average Bonchev–Trinajstić information content (AvgIpc) is 2.89. The quantitative estimate of drug-likeness (QED) is 0.910. The lowest BCUT2D eigenvalue weighted by molar-refractivity contribution is 0.589. The van der Waals surface area contributed by atoms with Gasteiger partial charge >= 0.3 is 0 Å². The molecule has 1 aliphatic rings. The molecule has 2 nitrogen and oxygen atoms in total. The Bertz CT molecular complexity index is 637. The molecule has 1 atom stereocenters. The van der Waals surface area contributed by atoms with E-state index in [0.29, 0.717) is 12.0 Å². The van der Waals surface area contributed by atoms with E-state index in [4.69, 9.17) is 11.6 Å². The summed E-state index contributed by atoms with van der Waals surface area (Å²) in [5.41, 5.74) is 5.05. The Morgan fingerprint density at radius 3 is 2.95 bits per heavy atom. The fraction of sp³-hybridized carbons (Fsp3) is 0.389. The van der Waals surface area contributed by atoms with Crippen LogP contribution in [0.3, 0.4) is 0 Å². The van der Waals surface area contributed by atoms with Crippen LogP contribution in [0.4, 0.5) is 0 Å². The Morgan fingerprint density at radius 2 is 2.19 bits per heavy atom. The van der Waals surface area contributed by atoms with Gasteiger partial charge in [0.1, 0.15) is 0 Å². The summed E-state index contributed by atoms with van der Waals surface area (Å²) in [6.45, 7) is 5.10. The van der Waals surface area contributed by atoms with Gasteiger partial charge in [-0.15, -0.1) is 0 Å². The molecule has 1 heterocycles. The summed E-state index contributed by atoms with van der Waals surface area (Å²) in [7, 11) is 0. The van der Waals surface area contributed by atoms with Gasteiger partial charge in [-0.2, -0.15) is 0 Å². The zero-order valence-corrected chi connectivity index (χ0v) is 13.3. The molecule has 1 unspecified atom stereocenters. The molecule has 0 radical (unpaired) electrons. The van der Waals surface area contributed by atoms with Crippen LogP contribution in [0.5, 0.6) is 0 Å². The van der Waals surface area contributed by atoms with Crippen LogP contribution in [0.1, 0.15) is 48.6 Å². The van der Waals surface area contributed by atoms with Crippen LogP contribution in [0.25, 0.3) is 0 Å². The van der Waals surface area contributed by atoms with E-state index in [-0.39, 0.29) is 0 Å². The van der Waals surface area contributed by atoms with E-state index >= 15 is 0 Å². The first kappa shape index (κ1) is 14.6. The number of nitrogens with one attached hydrogen (secondary N) is 1. The summed E-state index contributed by atoms with van der Waals surface area (Å²) in [6, 6.07) is 11.1. The molecule has 0 fully saturated rings. The van der Waals surface area contributed by atoms with Gasteiger partial charge in [0.25, 0.3) is 0 Å². The minimum absolute atomic E-state index is 0.394. The molecule has 3 heteroatoms. The maximum Gasteiger partial charge on any atom is 0.0510 e. The minimum atomic E-state index is 0.394. The first-order valence-electron chi connectivity index (χ1n) is 7.60. The van der Waals surface area contributed by atoms with Crippen molar-refractivity contribution in [2.24, 2.45) is 0 Å². The summed E-state index contributed by atoms with van der Waals surface area (Å²) in [5, 5.41) is 4.26. The van der Waals surface area contributed by atoms with Crippen molar-refractivity contribution in [3.8, 4) is 0 Å². The predicted molar refractivity (Wildman–Crippen MR) is 87.8 cm³/mol. The molecule has 3 rings (SSSR count). The second-order valence-electron chi connectivity index (χ2n) is 6.03. The molecule has 1 aromatic heterocycles. The molecule has 110 valence electrons. The number of rotatable bonds is 4. The number of hydrogen-bond acceptors (Lipinski definition) is 2. The van der Waals surface area contributed by atoms with Gasteiger partial charge in [0.05, 0.1) is 5.69 Å². The Balaban J connectivity index is 1.83. The van der Waals surface area contributed by atoms with E-state index in [1.807, 2.05) is 12.3 Å².